The zero-order valence-electron chi connectivity index (χ0n) is 19.1. The molecule has 1 fully saturated rings. The number of esters is 4. The van der Waals surface area contributed by atoms with E-state index in [1.54, 1.807) is 27.7 Å². The lowest BCUT2D eigenvalue weighted by Gasteiger charge is -2.30. The van der Waals surface area contributed by atoms with Crippen LogP contribution in [0.1, 0.15) is 27.7 Å². The molecule has 180 valence electrons. The van der Waals surface area contributed by atoms with Crippen molar-refractivity contribution in [1.82, 2.24) is 4.90 Å². The highest BCUT2D eigenvalue weighted by Gasteiger charge is 2.20. The number of rotatable bonds is 12. The SMILES string of the molecule is CC(C)OC(=O)/C=C/C(=O)OCC(COC(=O)/C=C/C(=O)OC(C)C)CN1CCOCC1. The van der Waals surface area contributed by atoms with Crippen LogP contribution in [-0.2, 0) is 42.9 Å². The first-order valence-electron chi connectivity index (χ1n) is 10.6. The largest absolute Gasteiger partial charge is 0.462 e. The van der Waals surface area contributed by atoms with Crippen molar-refractivity contribution in [3.8, 4) is 0 Å². The topological polar surface area (TPSA) is 118 Å². The number of hydrogen-bond donors (Lipinski definition) is 0. The van der Waals surface area contributed by atoms with E-state index in [4.69, 9.17) is 23.7 Å². The number of nitrogens with zero attached hydrogens (tertiary/aromatic N) is 1. The molecule has 0 atom stereocenters. The van der Waals surface area contributed by atoms with Gasteiger partial charge in [0.2, 0.25) is 0 Å². The second-order valence-electron chi connectivity index (χ2n) is 7.68. The van der Waals surface area contributed by atoms with Gasteiger partial charge in [0.25, 0.3) is 0 Å². The van der Waals surface area contributed by atoms with Crippen molar-refractivity contribution < 1.29 is 42.9 Å². The van der Waals surface area contributed by atoms with Gasteiger partial charge >= 0.3 is 23.9 Å². The van der Waals surface area contributed by atoms with Crippen LogP contribution in [0.5, 0.6) is 0 Å². The minimum atomic E-state index is -0.708. The molecule has 0 aliphatic carbocycles. The van der Waals surface area contributed by atoms with Crippen molar-refractivity contribution in [1.29, 1.82) is 0 Å². The lowest BCUT2D eigenvalue weighted by Crippen LogP contribution is -2.41. The van der Waals surface area contributed by atoms with Gasteiger partial charge in [-0.3, -0.25) is 4.90 Å². The Labute approximate surface area is 188 Å². The predicted octanol–water partition coefficient (Wildman–Crippen LogP) is 1.04. The molecule has 0 aromatic carbocycles. The van der Waals surface area contributed by atoms with Gasteiger partial charge in [-0.25, -0.2) is 19.2 Å². The minimum Gasteiger partial charge on any atom is -0.462 e. The van der Waals surface area contributed by atoms with E-state index in [-0.39, 0.29) is 31.3 Å². The van der Waals surface area contributed by atoms with Crippen molar-refractivity contribution >= 4 is 23.9 Å². The van der Waals surface area contributed by atoms with Crippen molar-refractivity contribution in [2.45, 2.75) is 39.9 Å². The first-order chi connectivity index (χ1) is 15.2. The molecule has 0 amide bonds. The first-order valence-corrected chi connectivity index (χ1v) is 10.6. The van der Waals surface area contributed by atoms with Crippen LogP contribution in [-0.4, -0.2) is 87.0 Å². The maximum absolute atomic E-state index is 11.9. The molecule has 1 heterocycles. The van der Waals surface area contributed by atoms with Crippen LogP contribution in [0.3, 0.4) is 0 Å². The smallest absolute Gasteiger partial charge is 0.331 e. The Balaban J connectivity index is 2.56. The highest BCUT2D eigenvalue weighted by molar-refractivity contribution is 5.92. The van der Waals surface area contributed by atoms with Crippen LogP contribution in [0, 0.1) is 5.92 Å². The van der Waals surface area contributed by atoms with Gasteiger partial charge in [-0.15, -0.1) is 0 Å². The Morgan fingerprint density at radius 3 is 1.56 bits per heavy atom. The summed E-state index contributed by atoms with van der Waals surface area (Å²) in [5.41, 5.74) is 0. The van der Waals surface area contributed by atoms with Crippen molar-refractivity contribution in [3.05, 3.63) is 24.3 Å². The molecule has 32 heavy (non-hydrogen) atoms. The zero-order chi connectivity index (χ0) is 23.9. The average Bonchev–Trinajstić information content (AvgIpc) is 2.72. The van der Waals surface area contributed by atoms with Gasteiger partial charge in [-0.1, -0.05) is 0 Å². The van der Waals surface area contributed by atoms with E-state index >= 15 is 0 Å². The molecule has 0 spiro atoms. The fraction of sp³-hybridized carbons (Fsp3) is 0.636. The van der Waals surface area contributed by atoms with Gasteiger partial charge in [-0.05, 0) is 27.7 Å². The summed E-state index contributed by atoms with van der Waals surface area (Å²) in [6.45, 7) is 9.87. The maximum atomic E-state index is 11.9. The Morgan fingerprint density at radius 2 is 1.16 bits per heavy atom. The van der Waals surface area contributed by atoms with Gasteiger partial charge in [0.15, 0.2) is 0 Å². The average molecular weight is 456 g/mol. The Bertz CT molecular complexity index is 631. The molecule has 0 N–H and O–H groups in total. The summed E-state index contributed by atoms with van der Waals surface area (Å²) in [6, 6.07) is 0. The van der Waals surface area contributed by atoms with Crippen LogP contribution < -0.4 is 0 Å². The molecule has 0 bridgehead atoms. The molecule has 0 aromatic rings. The third-order valence-electron chi connectivity index (χ3n) is 3.96. The number of morpholine rings is 1. The molecule has 1 aliphatic heterocycles. The highest BCUT2D eigenvalue weighted by Crippen LogP contribution is 2.07. The second kappa shape index (κ2) is 15.1. The van der Waals surface area contributed by atoms with E-state index < -0.39 is 23.9 Å². The third kappa shape index (κ3) is 13.6. The molecular weight excluding hydrogens is 422 g/mol. The molecule has 0 aromatic heterocycles. The van der Waals surface area contributed by atoms with Crippen LogP contribution in [0.2, 0.25) is 0 Å². The summed E-state index contributed by atoms with van der Waals surface area (Å²) in [7, 11) is 0. The molecular formula is C22H33NO9. The van der Waals surface area contributed by atoms with Crippen molar-refractivity contribution in [2.75, 3.05) is 46.1 Å². The van der Waals surface area contributed by atoms with E-state index in [9.17, 15) is 19.2 Å². The summed E-state index contributed by atoms with van der Waals surface area (Å²) in [5.74, 6) is -3.01. The normalized spacial score (nSPS) is 15.0. The number of carbonyl (C=O) groups is 4. The quantitative estimate of drug-likeness (QED) is 0.240. The Hall–Kier alpha value is -2.72. The summed E-state index contributed by atoms with van der Waals surface area (Å²) in [4.78, 5) is 48.9. The summed E-state index contributed by atoms with van der Waals surface area (Å²) < 4.78 is 25.5. The van der Waals surface area contributed by atoms with Gasteiger partial charge in [0, 0.05) is 49.9 Å². The molecule has 1 aliphatic rings. The number of hydrogen-bond acceptors (Lipinski definition) is 10. The molecule has 10 heteroatoms. The summed E-state index contributed by atoms with van der Waals surface area (Å²) >= 11 is 0. The van der Waals surface area contributed by atoms with Gasteiger partial charge in [-0.2, -0.15) is 0 Å². The van der Waals surface area contributed by atoms with E-state index in [0.717, 1.165) is 24.3 Å². The monoisotopic (exact) mass is 455 g/mol. The van der Waals surface area contributed by atoms with E-state index in [1.165, 1.54) is 0 Å². The van der Waals surface area contributed by atoms with E-state index in [0.29, 0.717) is 32.8 Å². The lowest BCUT2D eigenvalue weighted by atomic mass is 10.1. The lowest BCUT2D eigenvalue weighted by molar-refractivity contribution is -0.146. The van der Waals surface area contributed by atoms with E-state index in [1.807, 2.05) is 0 Å². The number of ether oxygens (including phenoxy) is 5. The Morgan fingerprint density at radius 1 is 0.750 bits per heavy atom. The summed E-state index contributed by atoms with van der Waals surface area (Å²) in [6.07, 6.45) is 3.40. The molecule has 0 radical (unpaired) electrons. The third-order valence-corrected chi connectivity index (χ3v) is 3.96. The van der Waals surface area contributed by atoms with Gasteiger partial charge in [0.1, 0.15) is 0 Å². The molecule has 1 rings (SSSR count). The van der Waals surface area contributed by atoms with Crippen molar-refractivity contribution in [3.63, 3.8) is 0 Å². The van der Waals surface area contributed by atoms with Crippen molar-refractivity contribution in [2.24, 2.45) is 5.92 Å². The summed E-state index contributed by atoms with van der Waals surface area (Å²) in [5, 5.41) is 0. The van der Waals surface area contributed by atoms with Gasteiger partial charge < -0.3 is 23.7 Å². The molecule has 10 nitrogen and oxygen atoms in total. The standard InChI is InChI=1S/C22H33NO9/c1-16(2)31-21(26)7-5-19(24)29-14-18(13-23-9-11-28-12-10-23)15-30-20(25)6-8-22(27)32-17(3)4/h5-8,16-18H,9-15H2,1-4H3/b7-5+,8-6+. The fourth-order valence-electron chi connectivity index (χ4n) is 2.61. The zero-order valence-corrected chi connectivity index (χ0v) is 19.1. The van der Waals surface area contributed by atoms with Crippen LogP contribution in [0.25, 0.3) is 0 Å². The van der Waals surface area contributed by atoms with Crippen LogP contribution in [0.15, 0.2) is 24.3 Å². The minimum absolute atomic E-state index is 0.0217. The molecule has 0 unspecified atom stereocenters. The molecule has 0 saturated carbocycles. The highest BCUT2D eigenvalue weighted by atomic mass is 16.6. The second-order valence-corrected chi connectivity index (χ2v) is 7.68. The Kier molecular flexibility index (Phi) is 12.9. The molecule has 1 saturated heterocycles. The van der Waals surface area contributed by atoms with Crippen LogP contribution >= 0.6 is 0 Å². The van der Waals surface area contributed by atoms with Crippen LogP contribution in [0.4, 0.5) is 0 Å². The maximum Gasteiger partial charge on any atom is 0.331 e. The van der Waals surface area contributed by atoms with Gasteiger partial charge in [0.05, 0.1) is 38.6 Å². The fourth-order valence-corrected chi connectivity index (χ4v) is 2.61. The predicted molar refractivity (Wildman–Crippen MR) is 113 cm³/mol. The first kappa shape index (κ1) is 27.3. The number of carbonyl (C=O) groups excluding carboxylic acids is 4. The van der Waals surface area contributed by atoms with E-state index in [2.05, 4.69) is 4.90 Å².